The third-order valence-electron chi connectivity index (χ3n) is 1.63. The zero-order chi connectivity index (χ0) is 9.26. The summed E-state index contributed by atoms with van der Waals surface area (Å²) in [4.78, 5) is 10.8. The second-order valence-electron chi connectivity index (χ2n) is 2.59. The molecule has 0 aliphatic heterocycles. The number of hydrogen-bond acceptors (Lipinski definition) is 2. The average Bonchev–Trinajstić information content (AvgIpc) is 2.52. The largest absolute Gasteiger partial charge is 0.378 e. The zero-order valence-corrected chi connectivity index (χ0v) is 7.34. The maximum Gasteiger partial charge on any atom is 0.280 e. The van der Waals surface area contributed by atoms with E-state index in [1.165, 1.54) is 6.07 Å². The molecule has 0 bridgehead atoms. The minimum atomic E-state index is -0.255. The van der Waals surface area contributed by atoms with E-state index in [2.05, 4.69) is 5.16 Å². The summed E-state index contributed by atoms with van der Waals surface area (Å²) in [5, 5.41) is 2.83. The van der Waals surface area contributed by atoms with E-state index in [1.807, 2.05) is 6.07 Å². The molecule has 66 valence electrons. The van der Waals surface area contributed by atoms with E-state index in [0.717, 1.165) is 5.56 Å². The van der Waals surface area contributed by atoms with Gasteiger partial charge in [0.2, 0.25) is 0 Å². The lowest BCUT2D eigenvalue weighted by Gasteiger charge is -1.94. The van der Waals surface area contributed by atoms with E-state index < -0.39 is 0 Å². The number of hydrogen-bond donors (Lipinski definition) is 1. The Morgan fingerprint density at radius 3 is 2.77 bits per heavy atom. The Morgan fingerprint density at radius 2 is 2.15 bits per heavy atom. The maximum absolute atomic E-state index is 10.8. The third-order valence-corrected chi connectivity index (χ3v) is 1.87. The Kier molecular flexibility index (Phi) is 1.94. The summed E-state index contributed by atoms with van der Waals surface area (Å²) in [5.74, 6) is 0.493. The summed E-state index contributed by atoms with van der Waals surface area (Å²) in [5.41, 5.74) is 0.529. The van der Waals surface area contributed by atoms with Crippen molar-refractivity contribution in [1.82, 2.24) is 5.16 Å². The van der Waals surface area contributed by atoms with E-state index in [4.69, 9.17) is 16.1 Å². The smallest absolute Gasteiger partial charge is 0.280 e. The lowest BCUT2D eigenvalue weighted by atomic mass is 10.2. The van der Waals surface area contributed by atoms with E-state index in [0.29, 0.717) is 10.8 Å². The molecule has 0 saturated carbocycles. The molecule has 0 amide bonds. The van der Waals surface area contributed by atoms with E-state index >= 15 is 0 Å². The molecule has 2 aromatic rings. The van der Waals surface area contributed by atoms with Crippen LogP contribution in [0.1, 0.15) is 0 Å². The van der Waals surface area contributed by atoms with Crippen molar-refractivity contribution in [2.75, 3.05) is 0 Å². The fourth-order valence-electron chi connectivity index (χ4n) is 1.07. The molecule has 13 heavy (non-hydrogen) atoms. The van der Waals surface area contributed by atoms with Crippen LogP contribution < -0.4 is 5.56 Å². The van der Waals surface area contributed by atoms with Gasteiger partial charge in [0.25, 0.3) is 5.56 Å². The lowest BCUT2D eigenvalue weighted by molar-refractivity contribution is 0.426. The molecular formula is C9H6ClNO2. The molecule has 0 aliphatic rings. The number of halogens is 1. The summed E-state index contributed by atoms with van der Waals surface area (Å²) in [7, 11) is 0. The molecular weight excluding hydrogens is 190 g/mol. The van der Waals surface area contributed by atoms with Crippen molar-refractivity contribution in [1.29, 1.82) is 0 Å². The molecule has 0 unspecified atom stereocenters. The molecule has 0 saturated heterocycles. The SMILES string of the molecule is O=c1cc(-c2cccc(Cl)c2)o[nH]1. The quantitative estimate of drug-likeness (QED) is 0.759. The zero-order valence-electron chi connectivity index (χ0n) is 6.58. The van der Waals surface area contributed by atoms with Crippen LogP contribution in [-0.4, -0.2) is 5.16 Å². The van der Waals surface area contributed by atoms with Crippen LogP contribution in [-0.2, 0) is 0 Å². The maximum atomic E-state index is 10.8. The summed E-state index contributed by atoms with van der Waals surface area (Å²) in [6.45, 7) is 0. The topological polar surface area (TPSA) is 46.0 Å². The highest BCUT2D eigenvalue weighted by molar-refractivity contribution is 6.30. The summed E-state index contributed by atoms with van der Waals surface area (Å²) >= 11 is 5.77. The molecule has 2 rings (SSSR count). The fraction of sp³-hybridized carbons (Fsp3) is 0. The normalized spacial score (nSPS) is 10.2. The molecule has 4 heteroatoms. The highest BCUT2D eigenvalue weighted by Crippen LogP contribution is 2.20. The molecule has 0 aliphatic carbocycles. The molecule has 0 radical (unpaired) electrons. The van der Waals surface area contributed by atoms with Gasteiger partial charge < -0.3 is 4.52 Å². The molecule has 0 spiro atoms. The monoisotopic (exact) mass is 195 g/mol. The van der Waals surface area contributed by atoms with Crippen LogP contribution in [0.2, 0.25) is 5.02 Å². The van der Waals surface area contributed by atoms with Crippen molar-refractivity contribution in [3.8, 4) is 11.3 Å². The first-order valence-corrected chi connectivity index (χ1v) is 4.08. The first-order valence-electron chi connectivity index (χ1n) is 3.70. The van der Waals surface area contributed by atoms with Crippen LogP contribution in [0.3, 0.4) is 0 Å². The van der Waals surface area contributed by atoms with Crippen LogP contribution in [0.15, 0.2) is 39.6 Å². The van der Waals surface area contributed by atoms with E-state index in [9.17, 15) is 4.79 Å². The van der Waals surface area contributed by atoms with Crippen molar-refractivity contribution in [2.24, 2.45) is 0 Å². The van der Waals surface area contributed by atoms with Gasteiger partial charge in [-0.3, -0.25) is 4.79 Å². The van der Waals surface area contributed by atoms with Crippen LogP contribution in [0.25, 0.3) is 11.3 Å². The third kappa shape index (κ3) is 1.65. The first-order chi connectivity index (χ1) is 6.25. The van der Waals surface area contributed by atoms with Crippen molar-refractivity contribution in [3.05, 3.63) is 45.7 Å². The Morgan fingerprint density at radius 1 is 1.31 bits per heavy atom. The predicted octanol–water partition coefficient (Wildman–Crippen LogP) is 2.29. The molecule has 1 N–H and O–H groups in total. The minimum Gasteiger partial charge on any atom is -0.378 e. The number of benzene rings is 1. The fourth-order valence-corrected chi connectivity index (χ4v) is 1.26. The highest BCUT2D eigenvalue weighted by Gasteiger charge is 2.02. The van der Waals surface area contributed by atoms with E-state index in [1.54, 1.807) is 18.2 Å². The van der Waals surface area contributed by atoms with Gasteiger partial charge in [0.15, 0.2) is 5.76 Å². The van der Waals surface area contributed by atoms with Gasteiger partial charge in [-0.1, -0.05) is 23.7 Å². The average molecular weight is 196 g/mol. The van der Waals surface area contributed by atoms with Gasteiger partial charge in [-0.25, -0.2) is 0 Å². The molecule has 3 nitrogen and oxygen atoms in total. The van der Waals surface area contributed by atoms with E-state index in [-0.39, 0.29) is 5.56 Å². The molecule has 1 heterocycles. The molecule has 1 aromatic heterocycles. The van der Waals surface area contributed by atoms with Gasteiger partial charge >= 0.3 is 0 Å². The van der Waals surface area contributed by atoms with Gasteiger partial charge in [-0.05, 0) is 12.1 Å². The summed E-state index contributed by atoms with van der Waals surface area (Å²) < 4.78 is 4.91. The van der Waals surface area contributed by atoms with Gasteiger partial charge in [-0.2, -0.15) is 5.16 Å². The molecule has 0 atom stereocenters. The Labute approximate surface area is 78.9 Å². The van der Waals surface area contributed by atoms with Gasteiger partial charge in [-0.15, -0.1) is 0 Å². The second kappa shape index (κ2) is 3.11. The standard InChI is InChI=1S/C9H6ClNO2/c10-7-3-1-2-6(4-7)8-5-9(12)11-13-8/h1-5H,(H,11,12). The predicted molar refractivity (Wildman–Crippen MR) is 49.8 cm³/mol. The van der Waals surface area contributed by atoms with Gasteiger partial charge in [0.05, 0.1) is 6.07 Å². The van der Waals surface area contributed by atoms with Crippen molar-refractivity contribution in [2.45, 2.75) is 0 Å². The van der Waals surface area contributed by atoms with Gasteiger partial charge in [0, 0.05) is 10.6 Å². The first kappa shape index (κ1) is 8.13. The second-order valence-corrected chi connectivity index (χ2v) is 3.02. The number of aromatic nitrogens is 1. The lowest BCUT2D eigenvalue weighted by Crippen LogP contribution is -1.92. The van der Waals surface area contributed by atoms with Crippen LogP contribution >= 0.6 is 11.6 Å². The van der Waals surface area contributed by atoms with Crippen LogP contribution in [0.4, 0.5) is 0 Å². The minimum absolute atomic E-state index is 0.255. The Hall–Kier alpha value is -1.48. The van der Waals surface area contributed by atoms with Crippen LogP contribution in [0.5, 0.6) is 0 Å². The number of aromatic amines is 1. The van der Waals surface area contributed by atoms with Crippen molar-refractivity contribution >= 4 is 11.6 Å². The number of nitrogens with one attached hydrogen (secondary N) is 1. The number of rotatable bonds is 1. The van der Waals surface area contributed by atoms with Crippen molar-refractivity contribution < 1.29 is 4.52 Å². The molecule has 0 fully saturated rings. The Bertz CT molecular complexity index is 472. The highest BCUT2D eigenvalue weighted by atomic mass is 35.5. The van der Waals surface area contributed by atoms with Crippen LogP contribution in [0, 0.1) is 0 Å². The van der Waals surface area contributed by atoms with Crippen molar-refractivity contribution in [3.63, 3.8) is 0 Å². The molecule has 1 aromatic carbocycles. The summed E-state index contributed by atoms with van der Waals surface area (Å²) in [6.07, 6.45) is 0. The summed E-state index contributed by atoms with van der Waals surface area (Å²) in [6, 6.07) is 8.48. The Balaban J connectivity index is 2.52. The van der Waals surface area contributed by atoms with Gasteiger partial charge in [0.1, 0.15) is 0 Å². The number of H-pyrrole nitrogens is 1.